The van der Waals surface area contributed by atoms with E-state index in [4.69, 9.17) is 0 Å². The molecule has 2 heterocycles. The Kier molecular flexibility index (Phi) is 3.01. The number of carbonyl (C=O) groups is 1. The fourth-order valence-corrected chi connectivity index (χ4v) is 2.72. The molecule has 0 aliphatic carbocycles. The normalized spacial score (nSPS) is 10.7. The Labute approximate surface area is 113 Å². The maximum absolute atomic E-state index is 12.1. The van der Waals surface area contributed by atoms with E-state index in [0.717, 1.165) is 10.4 Å². The first-order chi connectivity index (χ1) is 9.25. The van der Waals surface area contributed by atoms with Gasteiger partial charge in [-0.3, -0.25) is 9.59 Å². The molecule has 0 saturated carbocycles. The number of ketones is 1. The molecular formula is C15H11NO2S. The highest BCUT2D eigenvalue weighted by atomic mass is 32.1. The summed E-state index contributed by atoms with van der Waals surface area (Å²) in [6.45, 7) is 0.251. The molecule has 0 saturated heterocycles. The topological polar surface area (TPSA) is 39.1 Å². The molecule has 94 valence electrons. The van der Waals surface area contributed by atoms with Gasteiger partial charge in [0.1, 0.15) is 0 Å². The number of para-hydroxylation sites is 1. The van der Waals surface area contributed by atoms with Crippen LogP contribution in [0.3, 0.4) is 0 Å². The lowest BCUT2D eigenvalue weighted by molar-refractivity contribution is 0.0977. The van der Waals surface area contributed by atoms with Crippen LogP contribution in [-0.4, -0.2) is 10.4 Å². The van der Waals surface area contributed by atoms with E-state index >= 15 is 0 Å². The Balaban J connectivity index is 2.05. The Hall–Kier alpha value is -2.20. The summed E-state index contributed by atoms with van der Waals surface area (Å²) in [7, 11) is 0. The molecule has 0 amide bonds. The number of hydrogen-bond donors (Lipinski definition) is 0. The van der Waals surface area contributed by atoms with Gasteiger partial charge in [0.05, 0.1) is 16.9 Å². The van der Waals surface area contributed by atoms with Crippen LogP contribution in [0.1, 0.15) is 9.67 Å². The molecule has 3 rings (SSSR count). The molecule has 0 bridgehead atoms. The predicted molar refractivity (Wildman–Crippen MR) is 76.9 cm³/mol. The second kappa shape index (κ2) is 4.82. The molecule has 4 heteroatoms. The average molecular weight is 269 g/mol. The quantitative estimate of drug-likeness (QED) is 0.686. The van der Waals surface area contributed by atoms with Crippen molar-refractivity contribution in [2.45, 2.75) is 6.54 Å². The van der Waals surface area contributed by atoms with Gasteiger partial charge in [-0.2, -0.15) is 0 Å². The third kappa shape index (κ3) is 2.22. The number of benzene rings is 1. The van der Waals surface area contributed by atoms with Gasteiger partial charge in [-0.15, -0.1) is 11.3 Å². The smallest absolute Gasteiger partial charge is 0.192 e. The van der Waals surface area contributed by atoms with E-state index in [9.17, 15) is 9.59 Å². The van der Waals surface area contributed by atoms with Crippen molar-refractivity contribution < 1.29 is 4.79 Å². The summed E-state index contributed by atoms with van der Waals surface area (Å²) in [5.74, 6) is 0.0591. The molecule has 2 aromatic heterocycles. The van der Waals surface area contributed by atoms with Crippen molar-refractivity contribution in [2.75, 3.05) is 0 Å². The SMILES string of the molecule is O=C(Cn1ccc(=O)c2ccccc21)c1cccs1. The number of thiophene rings is 1. The maximum Gasteiger partial charge on any atom is 0.192 e. The molecule has 3 nitrogen and oxygen atoms in total. The average Bonchev–Trinajstić information content (AvgIpc) is 2.96. The van der Waals surface area contributed by atoms with Gasteiger partial charge < -0.3 is 4.57 Å². The minimum Gasteiger partial charge on any atom is -0.339 e. The summed E-state index contributed by atoms with van der Waals surface area (Å²) in [5, 5.41) is 2.53. The largest absolute Gasteiger partial charge is 0.339 e. The first-order valence-corrected chi connectivity index (χ1v) is 6.78. The Morgan fingerprint density at radius 3 is 2.74 bits per heavy atom. The van der Waals surface area contributed by atoms with Gasteiger partial charge in [-0.25, -0.2) is 0 Å². The minimum atomic E-state index is -0.0181. The van der Waals surface area contributed by atoms with Gasteiger partial charge in [0.15, 0.2) is 11.2 Å². The van der Waals surface area contributed by atoms with Gasteiger partial charge in [0.2, 0.25) is 0 Å². The molecule has 1 aromatic carbocycles. The zero-order valence-corrected chi connectivity index (χ0v) is 10.9. The summed E-state index contributed by atoms with van der Waals surface area (Å²) in [4.78, 5) is 24.6. The second-order valence-corrected chi connectivity index (χ2v) is 5.17. The number of rotatable bonds is 3. The lowest BCUT2D eigenvalue weighted by Gasteiger charge is -2.08. The van der Waals surface area contributed by atoms with Crippen LogP contribution in [0.4, 0.5) is 0 Å². The molecule has 0 radical (unpaired) electrons. The summed E-state index contributed by atoms with van der Waals surface area (Å²) < 4.78 is 1.82. The van der Waals surface area contributed by atoms with E-state index in [1.165, 1.54) is 17.4 Å². The van der Waals surface area contributed by atoms with Crippen LogP contribution in [0.25, 0.3) is 10.9 Å². The summed E-state index contributed by atoms with van der Waals surface area (Å²) >= 11 is 1.43. The highest BCUT2D eigenvalue weighted by Crippen LogP contribution is 2.13. The van der Waals surface area contributed by atoms with Crippen LogP contribution < -0.4 is 5.43 Å². The standard InChI is InChI=1S/C15H11NO2S/c17-13-7-8-16(12-5-2-1-4-11(12)13)10-14(18)15-6-3-9-19-15/h1-9H,10H2. The molecular weight excluding hydrogens is 258 g/mol. The van der Waals surface area contributed by atoms with E-state index in [1.54, 1.807) is 12.3 Å². The van der Waals surface area contributed by atoms with Crippen LogP contribution in [0.5, 0.6) is 0 Å². The monoisotopic (exact) mass is 269 g/mol. The van der Waals surface area contributed by atoms with Crippen molar-refractivity contribution in [1.29, 1.82) is 0 Å². The van der Waals surface area contributed by atoms with E-state index < -0.39 is 0 Å². The van der Waals surface area contributed by atoms with Crippen LogP contribution in [0.15, 0.2) is 58.8 Å². The number of fused-ring (bicyclic) bond motifs is 1. The number of carbonyl (C=O) groups excluding carboxylic acids is 1. The zero-order valence-electron chi connectivity index (χ0n) is 10.1. The molecule has 0 aliphatic heterocycles. The number of hydrogen-bond acceptors (Lipinski definition) is 3. The molecule has 0 spiro atoms. The number of pyridine rings is 1. The number of nitrogens with zero attached hydrogens (tertiary/aromatic N) is 1. The highest BCUT2D eigenvalue weighted by molar-refractivity contribution is 7.12. The molecule has 0 unspecified atom stereocenters. The van der Waals surface area contributed by atoms with Gasteiger partial charge in [0, 0.05) is 17.6 Å². The Morgan fingerprint density at radius 2 is 1.95 bits per heavy atom. The van der Waals surface area contributed by atoms with Gasteiger partial charge in [-0.05, 0) is 23.6 Å². The summed E-state index contributed by atoms with van der Waals surface area (Å²) in [6, 6.07) is 12.5. The van der Waals surface area contributed by atoms with E-state index in [2.05, 4.69) is 0 Å². The van der Waals surface area contributed by atoms with E-state index in [0.29, 0.717) is 5.39 Å². The van der Waals surface area contributed by atoms with E-state index in [-0.39, 0.29) is 17.8 Å². The Morgan fingerprint density at radius 1 is 1.11 bits per heavy atom. The number of aromatic nitrogens is 1. The van der Waals surface area contributed by atoms with E-state index in [1.807, 2.05) is 40.3 Å². The van der Waals surface area contributed by atoms with Crippen molar-refractivity contribution in [3.63, 3.8) is 0 Å². The molecule has 0 fully saturated rings. The van der Waals surface area contributed by atoms with Crippen molar-refractivity contribution >= 4 is 28.0 Å². The third-order valence-corrected chi connectivity index (χ3v) is 3.91. The lowest BCUT2D eigenvalue weighted by Crippen LogP contribution is -2.13. The molecule has 3 aromatic rings. The first kappa shape index (κ1) is 11.9. The van der Waals surface area contributed by atoms with Crippen molar-refractivity contribution in [2.24, 2.45) is 0 Å². The van der Waals surface area contributed by atoms with Gasteiger partial charge in [0.25, 0.3) is 0 Å². The predicted octanol–water partition coefficient (Wildman–Crippen LogP) is 2.95. The fraction of sp³-hybridized carbons (Fsp3) is 0.0667. The van der Waals surface area contributed by atoms with Crippen LogP contribution in [-0.2, 0) is 6.54 Å². The summed E-state index contributed by atoms with van der Waals surface area (Å²) in [5.41, 5.74) is 0.773. The Bertz CT molecular complexity index is 787. The summed E-state index contributed by atoms with van der Waals surface area (Å²) in [6.07, 6.45) is 1.68. The second-order valence-electron chi connectivity index (χ2n) is 4.23. The lowest BCUT2D eigenvalue weighted by atomic mass is 10.2. The zero-order chi connectivity index (χ0) is 13.2. The molecule has 0 atom stereocenters. The molecule has 0 N–H and O–H groups in total. The third-order valence-electron chi connectivity index (χ3n) is 2.99. The van der Waals surface area contributed by atoms with Crippen molar-refractivity contribution in [1.82, 2.24) is 4.57 Å². The van der Waals surface area contributed by atoms with Gasteiger partial charge in [-0.1, -0.05) is 18.2 Å². The highest BCUT2D eigenvalue weighted by Gasteiger charge is 2.09. The van der Waals surface area contributed by atoms with Crippen molar-refractivity contribution in [3.8, 4) is 0 Å². The van der Waals surface area contributed by atoms with Crippen LogP contribution >= 0.6 is 11.3 Å². The van der Waals surface area contributed by atoms with Crippen LogP contribution in [0.2, 0.25) is 0 Å². The fourth-order valence-electron chi connectivity index (χ4n) is 2.07. The van der Waals surface area contributed by atoms with Crippen LogP contribution in [0, 0.1) is 0 Å². The maximum atomic E-state index is 12.1. The minimum absolute atomic E-state index is 0.0181. The van der Waals surface area contributed by atoms with Crippen molar-refractivity contribution in [3.05, 3.63) is 69.1 Å². The number of Topliss-reactive ketones (excluding diaryl/α,β-unsaturated/α-hetero) is 1. The molecule has 19 heavy (non-hydrogen) atoms. The van der Waals surface area contributed by atoms with Gasteiger partial charge >= 0.3 is 0 Å². The first-order valence-electron chi connectivity index (χ1n) is 5.90. The molecule has 0 aliphatic rings.